The molecule has 0 aliphatic rings. The van der Waals surface area contributed by atoms with Crippen LogP contribution in [0.4, 0.5) is 0 Å². The van der Waals surface area contributed by atoms with Gasteiger partial charge in [0.1, 0.15) is 17.1 Å². The molecular weight excluding hydrogens is 244 g/mol. The van der Waals surface area contributed by atoms with Gasteiger partial charge in [0.25, 0.3) is 0 Å². The number of ether oxygens (including phenoxy) is 3. The van der Waals surface area contributed by atoms with Gasteiger partial charge >= 0.3 is 5.97 Å². The van der Waals surface area contributed by atoms with Gasteiger partial charge in [0.05, 0.1) is 18.8 Å². The third kappa shape index (κ3) is 5.20. The predicted octanol–water partition coefficient (Wildman–Crippen LogP) is 3.44. The van der Waals surface area contributed by atoms with E-state index in [1.807, 2.05) is 34.6 Å². The molecule has 1 rings (SSSR count). The molecule has 1 aromatic carbocycles. The van der Waals surface area contributed by atoms with Gasteiger partial charge in [-0.2, -0.15) is 0 Å². The molecule has 0 saturated heterocycles. The molecule has 0 aromatic heterocycles. The van der Waals surface area contributed by atoms with E-state index in [0.29, 0.717) is 30.3 Å². The summed E-state index contributed by atoms with van der Waals surface area (Å²) in [4.78, 5) is 12.0. The quantitative estimate of drug-likeness (QED) is 0.766. The third-order valence-electron chi connectivity index (χ3n) is 2.14. The molecule has 0 aliphatic heterocycles. The zero-order valence-electron chi connectivity index (χ0n) is 12.3. The van der Waals surface area contributed by atoms with Crippen molar-refractivity contribution in [3.8, 4) is 11.5 Å². The Labute approximate surface area is 114 Å². The number of benzene rings is 1. The van der Waals surface area contributed by atoms with Crippen LogP contribution in [0.15, 0.2) is 18.2 Å². The molecule has 0 N–H and O–H groups in total. The van der Waals surface area contributed by atoms with Crippen molar-refractivity contribution in [3.63, 3.8) is 0 Å². The monoisotopic (exact) mass is 266 g/mol. The molecule has 0 amide bonds. The van der Waals surface area contributed by atoms with E-state index in [1.54, 1.807) is 18.2 Å². The minimum Gasteiger partial charge on any atom is -0.494 e. The van der Waals surface area contributed by atoms with E-state index in [0.717, 1.165) is 0 Å². The Bertz CT molecular complexity index is 408. The van der Waals surface area contributed by atoms with Gasteiger partial charge in [-0.05, 0) is 46.8 Å². The summed E-state index contributed by atoms with van der Waals surface area (Å²) in [5.41, 5.74) is -0.0888. The summed E-state index contributed by atoms with van der Waals surface area (Å²) in [7, 11) is 0. The number of hydrogen-bond donors (Lipinski definition) is 0. The van der Waals surface area contributed by atoms with Crippen molar-refractivity contribution in [2.45, 2.75) is 40.2 Å². The zero-order chi connectivity index (χ0) is 14.5. The molecule has 0 atom stereocenters. The lowest BCUT2D eigenvalue weighted by atomic mass is 10.1. The number of carbonyl (C=O) groups is 1. The van der Waals surface area contributed by atoms with Gasteiger partial charge in [0.15, 0.2) is 0 Å². The Hall–Kier alpha value is -1.71. The van der Waals surface area contributed by atoms with E-state index < -0.39 is 5.60 Å². The molecule has 0 aliphatic carbocycles. The van der Waals surface area contributed by atoms with Gasteiger partial charge in [-0.1, -0.05) is 0 Å². The van der Waals surface area contributed by atoms with E-state index in [9.17, 15) is 4.79 Å². The molecule has 0 fully saturated rings. The Morgan fingerprint density at radius 2 is 1.47 bits per heavy atom. The Morgan fingerprint density at radius 1 is 1.00 bits per heavy atom. The summed E-state index contributed by atoms with van der Waals surface area (Å²) in [6.45, 7) is 10.3. The maximum Gasteiger partial charge on any atom is 0.338 e. The molecule has 0 heterocycles. The number of carbonyl (C=O) groups excluding carboxylic acids is 1. The fourth-order valence-electron chi connectivity index (χ4n) is 1.53. The maximum atomic E-state index is 12.0. The minimum atomic E-state index is -0.523. The Kier molecular flexibility index (Phi) is 5.21. The van der Waals surface area contributed by atoms with Crippen LogP contribution in [0.3, 0.4) is 0 Å². The van der Waals surface area contributed by atoms with Crippen molar-refractivity contribution in [3.05, 3.63) is 23.8 Å². The van der Waals surface area contributed by atoms with Gasteiger partial charge in [-0.15, -0.1) is 0 Å². The van der Waals surface area contributed by atoms with Crippen LogP contribution in [0.25, 0.3) is 0 Å². The van der Waals surface area contributed by atoms with Crippen molar-refractivity contribution in [2.75, 3.05) is 13.2 Å². The van der Waals surface area contributed by atoms with Gasteiger partial charge in [-0.3, -0.25) is 0 Å². The molecule has 0 spiro atoms. The first-order valence-corrected chi connectivity index (χ1v) is 6.49. The highest BCUT2D eigenvalue weighted by Gasteiger charge is 2.19. The first kappa shape index (κ1) is 15.3. The minimum absolute atomic E-state index is 0.380. The van der Waals surface area contributed by atoms with Gasteiger partial charge in [0.2, 0.25) is 0 Å². The van der Waals surface area contributed by atoms with E-state index in [2.05, 4.69) is 0 Å². The molecule has 4 nitrogen and oxygen atoms in total. The van der Waals surface area contributed by atoms with Crippen LogP contribution < -0.4 is 9.47 Å². The maximum absolute atomic E-state index is 12.0. The van der Waals surface area contributed by atoms with E-state index >= 15 is 0 Å². The van der Waals surface area contributed by atoms with Gasteiger partial charge in [-0.25, -0.2) is 4.79 Å². The van der Waals surface area contributed by atoms with Crippen molar-refractivity contribution < 1.29 is 19.0 Å². The zero-order valence-corrected chi connectivity index (χ0v) is 12.3. The summed E-state index contributed by atoms with van der Waals surface area (Å²) in [5, 5.41) is 0. The molecule has 106 valence electrons. The SMILES string of the molecule is CCOc1cc(OCC)cc(C(=O)OC(C)(C)C)c1. The lowest BCUT2D eigenvalue weighted by Crippen LogP contribution is -2.23. The van der Waals surface area contributed by atoms with Crippen LogP contribution in [0, 0.1) is 0 Å². The molecule has 1 aromatic rings. The topological polar surface area (TPSA) is 44.8 Å². The Morgan fingerprint density at radius 3 is 1.84 bits per heavy atom. The lowest BCUT2D eigenvalue weighted by Gasteiger charge is -2.20. The van der Waals surface area contributed by atoms with Crippen LogP contribution in [0.2, 0.25) is 0 Å². The second kappa shape index (κ2) is 6.45. The normalized spacial score (nSPS) is 11.0. The fraction of sp³-hybridized carbons (Fsp3) is 0.533. The smallest absolute Gasteiger partial charge is 0.338 e. The second-order valence-electron chi connectivity index (χ2n) is 5.06. The fourth-order valence-corrected chi connectivity index (χ4v) is 1.53. The summed E-state index contributed by atoms with van der Waals surface area (Å²) < 4.78 is 16.2. The Balaban J connectivity index is 3.01. The first-order valence-electron chi connectivity index (χ1n) is 6.49. The van der Waals surface area contributed by atoms with Gasteiger partial charge < -0.3 is 14.2 Å². The van der Waals surface area contributed by atoms with Crippen LogP contribution in [-0.2, 0) is 4.74 Å². The van der Waals surface area contributed by atoms with E-state index in [1.165, 1.54) is 0 Å². The summed E-state index contributed by atoms with van der Waals surface area (Å²) >= 11 is 0. The molecule has 0 saturated carbocycles. The molecule has 0 radical (unpaired) electrons. The molecule has 0 unspecified atom stereocenters. The second-order valence-corrected chi connectivity index (χ2v) is 5.06. The number of hydrogen-bond acceptors (Lipinski definition) is 4. The largest absolute Gasteiger partial charge is 0.494 e. The average molecular weight is 266 g/mol. The highest BCUT2D eigenvalue weighted by Crippen LogP contribution is 2.24. The van der Waals surface area contributed by atoms with Crippen molar-refractivity contribution in [1.29, 1.82) is 0 Å². The van der Waals surface area contributed by atoms with Crippen molar-refractivity contribution in [2.24, 2.45) is 0 Å². The molecular formula is C15H22O4. The predicted molar refractivity (Wildman–Crippen MR) is 73.9 cm³/mol. The van der Waals surface area contributed by atoms with Gasteiger partial charge in [0, 0.05) is 6.07 Å². The van der Waals surface area contributed by atoms with E-state index in [-0.39, 0.29) is 5.97 Å². The highest BCUT2D eigenvalue weighted by atomic mass is 16.6. The molecule has 0 bridgehead atoms. The standard InChI is InChI=1S/C15H22O4/c1-6-17-12-8-11(9-13(10-12)18-7-2)14(16)19-15(3,4)5/h8-10H,6-7H2,1-5H3. The van der Waals surface area contributed by atoms with Crippen molar-refractivity contribution in [1.82, 2.24) is 0 Å². The molecule has 19 heavy (non-hydrogen) atoms. The van der Waals surface area contributed by atoms with Crippen LogP contribution in [0.1, 0.15) is 45.0 Å². The van der Waals surface area contributed by atoms with E-state index in [4.69, 9.17) is 14.2 Å². The lowest BCUT2D eigenvalue weighted by molar-refractivity contribution is 0.00686. The van der Waals surface area contributed by atoms with Crippen LogP contribution >= 0.6 is 0 Å². The summed E-state index contributed by atoms with van der Waals surface area (Å²) in [6.07, 6.45) is 0. The van der Waals surface area contributed by atoms with Crippen molar-refractivity contribution >= 4 is 5.97 Å². The van der Waals surface area contributed by atoms with Crippen LogP contribution in [0.5, 0.6) is 11.5 Å². The first-order chi connectivity index (χ1) is 8.85. The molecule has 4 heteroatoms. The van der Waals surface area contributed by atoms with Crippen LogP contribution in [-0.4, -0.2) is 24.8 Å². The third-order valence-corrected chi connectivity index (χ3v) is 2.14. The number of rotatable bonds is 5. The summed E-state index contributed by atoms with van der Waals surface area (Å²) in [6, 6.07) is 5.10. The number of esters is 1. The highest BCUT2D eigenvalue weighted by molar-refractivity contribution is 5.90. The average Bonchev–Trinajstić information content (AvgIpc) is 2.27. The summed E-state index contributed by atoms with van der Waals surface area (Å²) in [5.74, 6) is 0.832.